The second kappa shape index (κ2) is 5.58. The van der Waals surface area contributed by atoms with Gasteiger partial charge in [-0.15, -0.1) is 0 Å². The topological polar surface area (TPSA) is 79.3 Å². The number of aliphatic hydroxyl groups is 2. The Bertz CT molecular complexity index is 699. The van der Waals surface area contributed by atoms with Gasteiger partial charge in [-0.3, -0.25) is 4.79 Å². The Morgan fingerprint density at radius 3 is 2.67 bits per heavy atom. The zero-order valence-corrected chi connectivity index (χ0v) is 16.6. The molecule has 5 rings (SSSR count). The minimum Gasteiger partial charge on any atom is -0.462 e. The van der Waals surface area contributed by atoms with Gasteiger partial charge < -0.3 is 19.7 Å². The Kier molecular flexibility index (Phi) is 3.75. The second-order valence-corrected chi connectivity index (χ2v) is 10.4. The first-order valence-electron chi connectivity index (χ1n) is 10.6. The van der Waals surface area contributed by atoms with Gasteiger partial charge in [-0.25, -0.2) is 0 Å². The summed E-state index contributed by atoms with van der Waals surface area (Å²) in [5.41, 5.74) is 0.347. The molecule has 0 bridgehead atoms. The SMILES string of the molecule is CC(=O)O[C@@H]1C[C@@]2(C)C3=CC[C@](C)([C@H]4CO4)C[C@H]3[C@H](O)C[C@@H]2[C@@]2(O)CC[C@@H]12. The van der Waals surface area contributed by atoms with Crippen molar-refractivity contribution in [1.29, 1.82) is 0 Å². The van der Waals surface area contributed by atoms with Crippen molar-refractivity contribution in [2.75, 3.05) is 6.61 Å². The summed E-state index contributed by atoms with van der Waals surface area (Å²) in [5, 5.41) is 22.6. The summed E-state index contributed by atoms with van der Waals surface area (Å²) in [6.07, 6.45) is 6.95. The molecule has 150 valence electrons. The molecule has 0 aromatic heterocycles. The van der Waals surface area contributed by atoms with E-state index in [1.807, 2.05) is 0 Å². The molecule has 4 aliphatic carbocycles. The van der Waals surface area contributed by atoms with Gasteiger partial charge in [0.2, 0.25) is 0 Å². The predicted octanol–water partition coefficient (Wildman–Crippen LogP) is 2.59. The van der Waals surface area contributed by atoms with Gasteiger partial charge in [0, 0.05) is 24.2 Å². The van der Waals surface area contributed by atoms with E-state index in [1.54, 1.807) is 0 Å². The number of carbonyl (C=O) groups is 1. The van der Waals surface area contributed by atoms with E-state index in [1.165, 1.54) is 12.5 Å². The Hall–Kier alpha value is -0.910. The normalized spacial score (nSPS) is 56.0. The predicted molar refractivity (Wildman–Crippen MR) is 98.7 cm³/mol. The second-order valence-electron chi connectivity index (χ2n) is 10.4. The van der Waals surface area contributed by atoms with Crippen LogP contribution in [0.4, 0.5) is 0 Å². The quantitative estimate of drug-likeness (QED) is 0.440. The van der Waals surface area contributed by atoms with Crippen LogP contribution in [0.5, 0.6) is 0 Å². The number of carbonyl (C=O) groups excluding carboxylic acids is 1. The molecule has 0 unspecified atom stereocenters. The summed E-state index contributed by atoms with van der Waals surface area (Å²) in [7, 11) is 0. The van der Waals surface area contributed by atoms with E-state index in [0.29, 0.717) is 12.5 Å². The van der Waals surface area contributed by atoms with Crippen molar-refractivity contribution >= 4 is 5.97 Å². The molecule has 5 aliphatic rings. The van der Waals surface area contributed by atoms with Crippen molar-refractivity contribution in [2.45, 2.75) is 83.2 Å². The molecule has 0 aromatic carbocycles. The number of hydrogen-bond donors (Lipinski definition) is 2. The average Bonchev–Trinajstić information content (AvgIpc) is 3.40. The number of rotatable bonds is 2. The molecule has 0 amide bonds. The van der Waals surface area contributed by atoms with Crippen LogP contribution in [0.15, 0.2) is 11.6 Å². The maximum Gasteiger partial charge on any atom is 0.302 e. The molecule has 1 saturated heterocycles. The summed E-state index contributed by atoms with van der Waals surface area (Å²) in [4.78, 5) is 11.7. The van der Waals surface area contributed by atoms with Gasteiger partial charge in [-0.05, 0) is 49.9 Å². The summed E-state index contributed by atoms with van der Waals surface area (Å²) in [6, 6.07) is 0. The van der Waals surface area contributed by atoms with Crippen LogP contribution in [0.2, 0.25) is 0 Å². The molecule has 1 aliphatic heterocycles. The molecule has 0 spiro atoms. The largest absolute Gasteiger partial charge is 0.462 e. The third-order valence-corrected chi connectivity index (χ3v) is 8.85. The van der Waals surface area contributed by atoms with Gasteiger partial charge >= 0.3 is 5.97 Å². The minimum absolute atomic E-state index is 0.0116. The Balaban J connectivity index is 1.52. The fraction of sp³-hybridized carbons (Fsp3) is 0.864. The molecule has 27 heavy (non-hydrogen) atoms. The third-order valence-electron chi connectivity index (χ3n) is 8.85. The Labute approximate surface area is 161 Å². The van der Waals surface area contributed by atoms with Crippen LogP contribution < -0.4 is 0 Å². The van der Waals surface area contributed by atoms with Crippen LogP contribution in [0.1, 0.15) is 59.3 Å². The first-order chi connectivity index (χ1) is 12.7. The van der Waals surface area contributed by atoms with E-state index in [-0.39, 0.29) is 40.7 Å². The molecular weight excluding hydrogens is 344 g/mol. The van der Waals surface area contributed by atoms with E-state index in [2.05, 4.69) is 19.9 Å². The Morgan fingerprint density at radius 1 is 1.33 bits per heavy atom. The standard InChI is InChI=1S/C22H32O5/c1-12(23)27-17-10-21(3)14-4-6-20(2,19-11-26-19)9-13(14)16(24)8-18(21)22(25)7-5-15(17)22/h4,13,15-19,24-25H,5-11H2,1-3H3/t13-,15+,16-,17-,18+,19-,20+,21+,22-/m1/s1. The van der Waals surface area contributed by atoms with Crippen LogP contribution in [0, 0.1) is 28.6 Å². The van der Waals surface area contributed by atoms with Crippen molar-refractivity contribution in [3.8, 4) is 0 Å². The van der Waals surface area contributed by atoms with E-state index < -0.39 is 11.7 Å². The van der Waals surface area contributed by atoms with Crippen molar-refractivity contribution < 1.29 is 24.5 Å². The number of ether oxygens (including phenoxy) is 2. The summed E-state index contributed by atoms with van der Waals surface area (Å²) in [6.45, 7) is 6.80. The molecule has 2 N–H and O–H groups in total. The lowest BCUT2D eigenvalue weighted by molar-refractivity contribution is -0.253. The van der Waals surface area contributed by atoms with Gasteiger partial charge in [-0.2, -0.15) is 0 Å². The number of allylic oxidation sites excluding steroid dienone is 1. The molecule has 1 heterocycles. The molecule has 3 saturated carbocycles. The highest BCUT2D eigenvalue weighted by molar-refractivity contribution is 5.66. The van der Waals surface area contributed by atoms with Gasteiger partial charge in [0.25, 0.3) is 0 Å². The van der Waals surface area contributed by atoms with Gasteiger partial charge in [-0.1, -0.05) is 25.5 Å². The number of epoxide rings is 1. The average molecular weight is 376 g/mol. The van der Waals surface area contributed by atoms with E-state index >= 15 is 0 Å². The number of esters is 1. The molecule has 9 atom stereocenters. The van der Waals surface area contributed by atoms with E-state index in [4.69, 9.17) is 9.47 Å². The summed E-state index contributed by atoms with van der Waals surface area (Å²) < 4.78 is 11.3. The first kappa shape index (κ1) is 18.1. The van der Waals surface area contributed by atoms with Crippen LogP contribution in [-0.4, -0.2) is 46.7 Å². The summed E-state index contributed by atoms with van der Waals surface area (Å²) >= 11 is 0. The molecule has 5 nitrogen and oxygen atoms in total. The fourth-order valence-electron chi connectivity index (χ4n) is 7.23. The van der Waals surface area contributed by atoms with E-state index in [0.717, 1.165) is 38.7 Å². The Morgan fingerprint density at radius 2 is 2.07 bits per heavy atom. The highest BCUT2D eigenvalue weighted by Crippen LogP contribution is 2.67. The lowest BCUT2D eigenvalue weighted by atomic mass is 9.41. The molecule has 0 radical (unpaired) electrons. The van der Waals surface area contributed by atoms with Crippen LogP contribution in [-0.2, 0) is 14.3 Å². The first-order valence-corrected chi connectivity index (χ1v) is 10.6. The monoisotopic (exact) mass is 376 g/mol. The van der Waals surface area contributed by atoms with Gasteiger partial charge in [0.15, 0.2) is 0 Å². The summed E-state index contributed by atoms with van der Waals surface area (Å²) in [5.74, 6) is -0.0979. The van der Waals surface area contributed by atoms with Crippen LogP contribution >= 0.6 is 0 Å². The number of fused-ring (bicyclic) bond motifs is 5. The maximum absolute atomic E-state index is 11.7. The van der Waals surface area contributed by atoms with Crippen molar-refractivity contribution in [1.82, 2.24) is 0 Å². The van der Waals surface area contributed by atoms with Crippen LogP contribution in [0.3, 0.4) is 0 Å². The van der Waals surface area contributed by atoms with Crippen LogP contribution in [0.25, 0.3) is 0 Å². The van der Waals surface area contributed by atoms with Crippen molar-refractivity contribution in [2.24, 2.45) is 28.6 Å². The molecular formula is C22H32O5. The smallest absolute Gasteiger partial charge is 0.302 e. The third kappa shape index (κ3) is 2.44. The molecule has 5 heteroatoms. The van der Waals surface area contributed by atoms with E-state index in [9.17, 15) is 15.0 Å². The highest BCUT2D eigenvalue weighted by atomic mass is 16.6. The zero-order chi connectivity index (χ0) is 19.2. The maximum atomic E-state index is 11.7. The van der Waals surface area contributed by atoms with Gasteiger partial charge in [0.1, 0.15) is 6.10 Å². The van der Waals surface area contributed by atoms with Crippen molar-refractivity contribution in [3.63, 3.8) is 0 Å². The number of hydrogen-bond acceptors (Lipinski definition) is 5. The number of aliphatic hydroxyl groups excluding tert-OH is 1. The highest BCUT2D eigenvalue weighted by Gasteiger charge is 2.68. The lowest BCUT2D eigenvalue weighted by Gasteiger charge is -2.66. The van der Waals surface area contributed by atoms with Gasteiger partial charge in [0.05, 0.1) is 24.4 Å². The molecule has 4 fully saturated rings. The van der Waals surface area contributed by atoms with Crippen molar-refractivity contribution in [3.05, 3.63) is 11.6 Å². The zero-order valence-electron chi connectivity index (χ0n) is 16.6. The molecule has 0 aromatic rings. The minimum atomic E-state index is -0.819. The fourth-order valence-corrected chi connectivity index (χ4v) is 7.23. The lowest BCUT2D eigenvalue weighted by Crippen LogP contribution is -2.69.